The van der Waals surface area contributed by atoms with Gasteiger partial charge in [-0.25, -0.2) is 4.79 Å². The molecule has 0 aromatic rings. The van der Waals surface area contributed by atoms with E-state index in [0.29, 0.717) is 18.7 Å². The van der Waals surface area contributed by atoms with Crippen LogP contribution in [0, 0.1) is 5.92 Å². The van der Waals surface area contributed by atoms with Crippen LogP contribution in [0.2, 0.25) is 0 Å². The van der Waals surface area contributed by atoms with Crippen LogP contribution in [0.15, 0.2) is 0 Å². The maximum atomic E-state index is 11.6. The van der Waals surface area contributed by atoms with Gasteiger partial charge in [-0.2, -0.15) is 0 Å². The van der Waals surface area contributed by atoms with E-state index in [2.05, 4.69) is 5.32 Å². The lowest BCUT2D eigenvalue weighted by Gasteiger charge is -2.24. The molecule has 88 valence electrons. The summed E-state index contributed by atoms with van der Waals surface area (Å²) in [5.41, 5.74) is -0.517. The molecule has 0 spiro atoms. The van der Waals surface area contributed by atoms with Gasteiger partial charge in [0, 0.05) is 0 Å². The Hall–Kier alpha value is -1.06. The van der Waals surface area contributed by atoms with Crippen LogP contribution in [-0.4, -0.2) is 24.0 Å². The zero-order valence-electron chi connectivity index (χ0n) is 10.2. The Morgan fingerprint density at radius 3 is 2.27 bits per heavy atom. The number of hydrogen-bond donors (Lipinski definition) is 1. The largest absolute Gasteiger partial charge is 0.458 e. The summed E-state index contributed by atoms with van der Waals surface area (Å²) in [5, 5.41) is 2.48. The van der Waals surface area contributed by atoms with E-state index in [1.165, 1.54) is 0 Å². The average Bonchev–Trinajstić information content (AvgIpc) is 1.99. The molecule has 0 saturated heterocycles. The molecule has 4 nitrogen and oxygen atoms in total. The Morgan fingerprint density at radius 1 is 1.40 bits per heavy atom. The molecule has 0 aromatic heterocycles. The fourth-order valence-electron chi connectivity index (χ4n) is 1.16. The van der Waals surface area contributed by atoms with Gasteiger partial charge < -0.3 is 10.1 Å². The van der Waals surface area contributed by atoms with Crippen molar-refractivity contribution >= 4 is 12.4 Å². The first-order chi connectivity index (χ1) is 6.76. The Morgan fingerprint density at radius 2 is 1.93 bits per heavy atom. The maximum absolute atomic E-state index is 11.6. The number of amides is 1. The predicted molar refractivity (Wildman–Crippen MR) is 58.3 cm³/mol. The van der Waals surface area contributed by atoms with Crippen molar-refractivity contribution in [1.29, 1.82) is 0 Å². The zero-order valence-corrected chi connectivity index (χ0v) is 10.2. The topological polar surface area (TPSA) is 55.4 Å². The van der Waals surface area contributed by atoms with Gasteiger partial charge in [-0.3, -0.25) is 4.79 Å². The molecule has 0 aliphatic heterocycles. The molecule has 0 fully saturated rings. The lowest BCUT2D eigenvalue weighted by molar-refractivity contribution is -0.158. The molecule has 0 saturated carbocycles. The van der Waals surface area contributed by atoms with Gasteiger partial charge in [0.2, 0.25) is 6.41 Å². The van der Waals surface area contributed by atoms with E-state index in [4.69, 9.17) is 4.74 Å². The van der Waals surface area contributed by atoms with Gasteiger partial charge in [0.1, 0.15) is 11.6 Å². The van der Waals surface area contributed by atoms with E-state index in [0.717, 1.165) is 0 Å². The molecule has 0 rings (SSSR count). The number of rotatable bonds is 5. The number of hydrogen-bond acceptors (Lipinski definition) is 3. The van der Waals surface area contributed by atoms with E-state index < -0.39 is 11.6 Å². The van der Waals surface area contributed by atoms with Crippen LogP contribution in [0.4, 0.5) is 0 Å². The van der Waals surface area contributed by atoms with Crippen molar-refractivity contribution in [2.24, 2.45) is 5.92 Å². The smallest absolute Gasteiger partial charge is 0.329 e. The van der Waals surface area contributed by atoms with Crippen molar-refractivity contribution in [2.45, 2.75) is 52.7 Å². The van der Waals surface area contributed by atoms with E-state index in [1.54, 1.807) is 20.8 Å². The first kappa shape index (κ1) is 13.9. The molecule has 0 bridgehead atoms. The van der Waals surface area contributed by atoms with Crippen molar-refractivity contribution in [3.05, 3.63) is 0 Å². The molecular formula is C11H21NO3. The van der Waals surface area contributed by atoms with Gasteiger partial charge in [0.15, 0.2) is 0 Å². The molecule has 0 aliphatic rings. The van der Waals surface area contributed by atoms with E-state index >= 15 is 0 Å². The van der Waals surface area contributed by atoms with Crippen molar-refractivity contribution in [3.8, 4) is 0 Å². The summed E-state index contributed by atoms with van der Waals surface area (Å²) < 4.78 is 5.19. The zero-order chi connectivity index (χ0) is 12.1. The van der Waals surface area contributed by atoms with Crippen LogP contribution in [-0.2, 0) is 14.3 Å². The Balaban J connectivity index is 4.35. The summed E-state index contributed by atoms with van der Waals surface area (Å²) in [5.74, 6) is -0.0433. The third-order valence-corrected chi connectivity index (χ3v) is 1.67. The van der Waals surface area contributed by atoms with Crippen molar-refractivity contribution in [2.75, 3.05) is 0 Å². The van der Waals surface area contributed by atoms with Crippen LogP contribution in [0.1, 0.15) is 41.0 Å². The summed E-state index contributed by atoms with van der Waals surface area (Å²) in [6, 6.07) is -0.540. The first-order valence-corrected chi connectivity index (χ1v) is 5.19. The van der Waals surface area contributed by atoms with Crippen LogP contribution >= 0.6 is 0 Å². The Kier molecular flexibility index (Phi) is 5.33. The van der Waals surface area contributed by atoms with Gasteiger partial charge in [-0.15, -0.1) is 0 Å². The van der Waals surface area contributed by atoms with Gasteiger partial charge in [0.25, 0.3) is 0 Å². The summed E-state index contributed by atoms with van der Waals surface area (Å²) >= 11 is 0. The first-order valence-electron chi connectivity index (χ1n) is 5.19. The number of ether oxygens (including phenoxy) is 1. The van der Waals surface area contributed by atoms with Crippen molar-refractivity contribution < 1.29 is 14.3 Å². The molecule has 0 heterocycles. The molecule has 0 aliphatic carbocycles. The highest BCUT2D eigenvalue weighted by Crippen LogP contribution is 2.12. The molecule has 0 radical (unpaired) electrons. The Bertz CT molecular complexity index is 218. The molecule has 1 atom stereocenters. The van der Waals surface area contributed by atoms with Crippen LogP contribution in [0.25, 0.3) is 0 Å². The van der Waals surface area contributed by atoms with E-state index in [1.807, 2.05) is 13.8 Å². The highest BCUT2D eigenvalue weighted by molar-refractivity contribution is 5.78. The highest BCUT2D eigenvalue weighted by atomic mass is 16.6. The normalized spacial score (nSPS) is 13.5. The number of carbonyl (C=O) groups is 2. The standard InChI is InChI=1S/C11H21NO3/c1-8(2)6-9(12-7-13)10(14)15-11(3,4)5/h7-9H,6H2,1-5H3,(H,12,13). The van der Waals surface area contributed by atoms with Crippen LogP contribution in [0.5, 0.6) is 0 Å². The van der Waals surface area contributed by atoms with Crippen molar-refractivity contribution in [1.82, 2.24) is 5.32 Å². The maximum Gasteiger partial charge on any atom is 0.329 e. The summed E-state index contributed by atoms with van der Waals surface area (Å²) in [6.45, 7) is 9.39. The molecule has 15 heavy (non-hydrogen) atoms. The number of carbonyl (C=O) groups excluding carboxylic acids is 2. The lowest BCUT2D eigenvalue weighted by atomic mass is 10.0. The lowest BCUT2D eigenvalue weighted by Crippen LogP contribution is -2.41. The van der Waals surface area contributed by atoms with Gasteiger partial charge in [-0.1, -0.05) is 13.8 Å². The Labute approximate surface area is 91.4 Å². The number of esters is 1. The van der Waals surface area contributed by atoms with Crippen LogP contribution in [0.3, 0.4) is 0 Å². The summed E-state index contributed by atoms with van der Waals surface area (Å²) in [6.07, 6.45) is 1.13. The third kappa shape index (κ3) is 6.94. The minimum Gasteiger partial charge on any atom is -0.458 e. The summed E-state index contributed by atoms with van der Waals surface area (Å²) in [4.78, 5) is 22.0. The third-order valence-electron chi connectivity index (χ3n) is 1.67. The van der Waals surface area contributed by atoms with Crippen molar-refractivity contribution in [3.63, 3.8) is 0 Å². The highest BCUT2D eigenvalue weighted by Gasteiger charge is 2.25. The second-order valence-electron chi connectivity index (χ2n) is 5.00. The second-order valence-corrected chi connectivity index (χ2v) is 5.00. The SMILES string of the molecule is CC(C)CC(NC=O)C(=O)OC(C)(C)C. The average molecular weight is 215 g/mol. The molecule has 1 N–H and O–H groups in total. The monoisotopic (exact) mass is 215 g/mol. The van der Waals surface area contributed by atoms with Gasteiger partial charge >= 0.3 is 5.97 Å². The van der Waals surface area contributed by atoms with Crippen LogP contribution < -0.4 is 5.32 Å². The second kappa shape index (κ2) is 5.73. The minimum absolute atomic E-state index is 0.329. The minimum atomic E-state index is -0.540. The molecule has 1 unspecified atom stereocenters. The van der Waals surface area contributed by atoms with E-state index in [-0.39, 0.29) is 5.97 Å². The molecular weight excluding hydrogens is 194 g/mol. The fraction of sp³-hybridized carbons (Fsp3) is 0.818. The molecule has 4 heteroatoms. The predicted octanol–water partition coefficient (Wildman–Crippen LogP) is 1.49. The number of nitrogens with one attached hydrogen (secondary N) is 1. The van der Waals surface area contributed by atoms with E-state index in [9.17, 15) is 9.59 Å². The summed E-state index contributed by atoms with van der Waals surface area (Å²) in [7, 11) is 0. The molecule has 0 aromatic carbocycles. The van der Waals surface area contributed by atoms with Gasteiger partial charge in [0.05, 0.1) is 0 Å². The molecule has 1 amide bonds. The fourth-order valence-corrected chi connectivity index (χ4v) is 1.16. The van der Waals surface area contributed by atoms with Gasteiger partial charge in [-0.05, 0) is 33.1 Å². The quantitative estimate of drug-likeness (QED) is 0.558.